The predicted molar refractivity (Wildman–Crippen MR) is 95.7 cm³/mol. The van der Waals surface area contributed by atoms with E-state index in [1.54, 1.807) is 18.2 Å². The third-order valence-corrected chi connectivity index (χ3v) is 6.10. The molecule has 1 aliphatic heterocycles. The van der Waals surface area contributed by atoms with Crippen LogP contribution >= 0.6 is 0 Å². The van der Waals surface area contributed by atoms with Crippen molar-refractivity contribution >= 4 is 21.6 Å². The van der Waals surface area contributed by atoms with E-state index < -0.39 is 28.1 Å². The molecular weight excluding hydrogens is 413 g/mol. The highest BCUT2D eigenvalue weighted by atomic mass is 32.2. The van der Waals surface area contributed by atoms with Crippen LogP contribution in [0.3, 0.4) is 0 Å². The maximum Gasteiger partial charge on any atom is 0.573 e. The summed E-state index contributed by atoms with van der Waals surface area (Å²) in [4.78, 5) is 15.0. The minimum atomic E-state index is -4.87. The van der Waals surface area contributed by atoms with E-state index in [1.165, 1.54) is 6.20 Å². The third kappa shape index (κ3) is 4.74. The van der Waals surface area contributed by atoms with Crippen molar-refractivity contribution in [3.63, 3.8) is 0 Å². The molecule has 29 heavy (non-hydrogen) atoms. The highest BCUT2D eigenvalue weighted by Crippen LogP contribution is 2.29. The van der Waals surface area contributed by atoms with Crippen LogP contribution in [0.1, 0.15) is 22.5 Å². The fraction of sp³-hybridized carbons (Fsp3) is 0.222. The Balaban J connectivity index is 1.78. The molecule has 1 N–H and O–H groups in total. The molecule has 0 amide bonds. The summed E-state index contributed by atoms with van der Waals surface area (Å²) in [7, 11) is -3.93. The van der Waals surface area contributed by atoms with Crippen LogP contribution in [-0.4, -0.2) is 48.2 Å². The second kappa shape index (κ2) is 7.84. The van der Waals surface area contributed by atoms with E-state index in [0.717, 1.165) is 28.6 Å². The number of hydrogen-bond acceptors (Lipinski definition) is 5. The predicted octanol–water partition coefficient (Wildman–Crippen LogP) is 3.16. The normalized spacial score (nSPS) is 15.6. The zero-order valence-corrected chi connectivity index (χ0v) is 15.6. The number of aromatic nitrogens is 1. The quantitative estimate of drug-likeness (QED) is 0.786. The Bertz CT molecular complexity index is 1050. The summed E-state index contributed by atoms with van der Waals surface area (Å²) in [6, 6.07) is 7.14. The molecule has 2 aromatic rings. The van der Waals surface area contributed by atoms with Crippen molar-refractivity contribution in [1.29, 1.82) is 0 Å². The van der Waals surface area contributed by atoms with Gasteiger partial charge in [0.05, 0.1) is 4.90 Å². The van der Waals surface area contributed by atoms with Crippen LogP contribution in [0.2, 0.25) is 0 Å². The molecule has 0 aliphatic carbocycles. The largest absolute Gasteiger partial charge is 0.573 e. The van der Waals surface area contributed by atoms with E-state index in [4.69, 9.17) is 0 Å². The van der Waals surface area contributed by atoms with Gasteiger partial charge in [-0.15, -0.1) is 13.2 Å². The molecule has 154 valence electrons. The van der Waals surface area contributed by atoms with Gasteiger partial charge in [0.2, 0.25) is 10.0 Å². The van der Waals surface area contributed by atoms with Crippen molar-refractivity contribution in [3.05, 3.63) is 59.9 Å². The van der Waals surface area contributed by atoms with E-state index in [-0.39, 0.29) is 30.1 Å². The number of sulfonamides is 1. The minimum absolute atomic E-state index is 0.00752. The van der Waals surface area contributed by atoms with Crippen molar-refractivity contribution in [2.75, 3.05) is 13.1 Å². The van der Waals surface area contributed by atoms with Gasteiger partial charge in [0.25, 0.3) is 0 Å². The Hall–Kier alpha value is -2.92. The molecule has 0 spiro atoms. The lowest BCUT2D eigenvalue weighted by Gasteiger charge is -2.26. The van der Waals surface area contributed by atoms with Crippen LogP contribution in [0.4, 0.5) is 13.2 Å². The Morgan fingerprint density at radius 1 is 1.17 bits per heavy atom. The van der Waals surface area contributed by atoms with E-state index in [0.29, 0.717) is 11.1 Å². The number of aromatic carboxylic acids is 1. The van der Waals surface area contributed by atoms with Gasteiger partial charge in [-0.05, 0) is 42.3 Å². The molecule has 0 unspecified atom stereocenters. The number of carboxylic acid groups (broad SMARTS) is 1. The number of benzene rings is 1. The standard InChI is InChI=1S/C18H15F3N2O5S/c19-18(20,21)28-13-3-5-14(6-4-13)29(26,27)23-10-7-12(8-11-23)15-2-1-9-22-16(15)17(24)25/h1-7,9H,8,10-11H2,(H,24,25). The summed E-state index contributed by atoms with van der Waals surface area (Å²) in [6.07, 6.45) is -1.64. The highest BCUT2D eigenvalue weighted by molar-refractivity contribution is 7.89. The van der Waals surface area contributed by atoms with Gasteiger partial charge in [0, 0.05) is 24.8 Å². The minimum Gasteiger partial charge on any atom is -0.476 e. The number of carbonyl (C=O) groups is 1. The molecule has 7 nitrogen and oxygen atoms in total. The first-order valence-corrected chi connectivity index (χ1v) is 9.75. The molecule has 11 heteroatoms. The molecule has 1 aliphatic rings. The number of alkyl halides is 3. The van der Waals surface area contributed by atoms with Gasteiger partial charge in [-0.1, -0.05) is 12.1 Å². The van der Waals surface area contributed by atoms with Crippen LogP contribution in [0.25, 0.3) is 5.57 Å². The van der Waals surface area contributed by atoms with Gasteiger partial charge in [-0.25, -0.2) is 18.2 Å². The molecule has 1 aromatic heterocycles. The lowest BCUT2D eigenvalue weighted by molar-refractivity contribution is -0.274. The van der Waals surface area contributed by atoms with Crippen LogP contribution in [-0.2, 0) is 10.0 Å². The molecule has 3 rings (SSSR count). The first-order chi connectivity index (χ1) is 13.6. The fourth-order valence-corrected chi connectivity index (χ4v) is 4.29. The maximum absolute atomic E-state index is 12.7. The summed E-state index contributed by atoms with van der Waals surface area (Å²) in [5.74, 6) is -1.70. The first kappa shape index (κ1) is 20.8. The van der Waals surface area contributed by atoms with E-state index >= 15 is 0 Å². The van der Waals surface area contributed by atoms with E-state index in [9.17, 15) is 31.5 Å². The van der Waals surface area contributed by atoms with Crippen molar-refractivity contribution in [3.8, 4) is 5.75 Å². The van der Waals surface area contributed by atoms with Gasteiger partial charge >= 0.3 is 12.3 Å². The molecule has 0 fully saturated rings. The highest BCUT2D eigenvalue weighted by Gasteiger charge is 2.32. The maximum atomic E-state index is 12.7. The smallest absolute Gasteiger partial charge is 0.476 e. The van der Waals surface area contributed by atoms with E-state index in [2.05, 4.69) is 9.72 Å². The van der Waals surface area contributed by atoms with Gasteiger partial charge in [-0.2, -0.15) is 4.31 Å². The molecule has 1 aromatic carbocycles. The lowest BCUT2D eigenvalue weighted by atomic mass is 9.99. The Morgan fingerprint density at radius 2 is 1.86 bits per heavy atom. The average molecular weight is 428 g/mol. The zero-order valence-electron chi connectivity index (χ0n) is 14.8. The summed E-state index contributed by atoms with van der Waals surface area (Å²) in [5.41, 5.74) is 0.969. The van der Waals surface area contributed by atoms with E-state index in [1.807, 2.05) is 0 Å². The van der Waals surface area contributed by atoms with Gasteiger partial charge in [0.1, 0.15) is 5.75 Å². The number of rotatable bonds is 5. The second-order valence-corrected chi connectivity index (χ2v) is 8.00. The molecule has 0 bridgehead atoms. The Labute approximate surface area is 164 Å². The number of hydrogen-bond donors (Lipinski definition) is 1. The lowest BCUT2D eigenvalue weighted by Crippen LogP contribution is -2.34. The average Bonchev–Trinajstić information content (AvgIpc) is 2.67. The number of carboxylic acids is 1. The van der Waals surface area contributed by atoms with Gasteiger partial charge < -0.3 is 9.84 Å². The number of pyridine rings is 1. The summed E-state index contributed by atoms with van der Waals surface area (Å²) >= 11 is 0. The summed E-state index contributed by atoms with van der Waals surface area (Å²) < 4.78 is 67.0. The summed E-state index contributed by atoms with van der Waals surface area (Å²) in [5, 5.41) is 9.24. The Kier molecular flexibility index (Phi) is 5.62. The molecular formula is C18H15F3N2O5S. The summed E-state index contributed by atoms with van der Waals surface area (Å²) in [6.45, 7) is 0.0787. The van der Waals surface area contributed by atoms with Crippen molar-refractivity contribution in [2.24, 2.45) is 0 Å². The first-order valence-electron chi connectivity index (χ1n) is 8.31. The molecule has 2 heterocycles. The number of ether oxygens (including phenoxy) is 1. The molecule has 0 radical (unpaired) electrons. The third-order valence-electron chi connectivity index (χ3n) is 4.22. The molecule has 0 atom stereocenters. The zero-order chi connectivity index (χ0) is 21.2. The monoisotopic (exact) mass is 428 g/mol. The van der Waals surface area contributed by atoms with Crippen LogP contribution in [0.5, 0.6) is 5.75 Å². The van der Waals surface area contributed by atoms with Gasteiger partial charge in [-0.3, -0.25) is 0 Å². The Morgan fingerprint density at radius 3 is 2.41 bits per heavy atom. The number of nitrogens with zero attached hydrogens (tertiary/aromatic N) is 2. The molecule has 0 saturated heterocycles. The van der Waals surface area contributed by atoms with Crippen molar-refractivity contribution < 1.29 is 36.2 Å². The number of halogens is 3. The van der Waals surface area contributed by atoms with Crippen LogP contribution in [0, 0.1) is 0 Å². The fourth-order valence-electron chi connectivity index (χ4n) is 2.91. The molecule has 0 saturated carbocycles. The topological polar surface area (TPSA) is 96.8 Å². The van der Waals surface area contributed by atoms with Crippen molar-refractivity contribution in [1.82, 2.24) is 9.29 Å². The van der Waals surface area contributed by atoms with Crippen molar-refractivity contribution in [2.45, 2.75) is 17.7 Å². The van der Waals surface area contributed by atoms with Crippen LogP contribution in [0.15, 0.2) is 53.6 Å². The van der Waals surface area contributed by atoms with Gasteiger partial charge in [0.15, 0.2) is 5.69 Å². The SMILES string of the molecule is O=C(O)c1ncccc1C1=CCN(S(=O)(=O)c2ccc(OC(F)(F)F)cc2)CC1. The second-order valence-electron chi connectivity index (χ2n) is 6.07. The van der Waals surface area contributed by atoms with Crippen LogP contribution < -0.4 is 4.74 Å².